The number of aryl methyl sites for hydroxylation is 1. The van der Waals surface area contributed by atoms with E-state index in [0.717, 1.165) is 5.69 Å². The largest absolute Gasteiger partial charge is 0.256 e. The summed E-state index contributed by atoms with van der Waals surface area (Å²) >= 11 is 1.86. The first kappa shape index (κ1) is 18.1. The summed E-state index contributed by atoms with van der Waals surface area (Å²) in [7, 11) is 0. The van der Waals surface area contributed by atoms with Crippen molar-refractivity contribution in [2.75, 3.05) is 0 Å². The average molecular weight is 394 g/mol. The average Bonchev–Trinajstić information content (AvgIpc) is 3.11. The van der Waals surface area contributed by atoms with Crippen molar-refractivity contribution < 1.29 is 0 Å². The number of pyridine rings is 1. The minimum atomic E-state index is 0.496. The van der Waals surface area contributed by atoms with Gasteiger partial charge in [-0.3, -0.25) is 4.98 Å². The molecule has 0 aliphatic carbocycles. The Morgan fingerprint density at radius 2 is 1.38 bits per heavy atom. The van der Waals surface area contributed by atoms with Crippen LogP contribution in [0.2, 0.25) is 0 Å². The minimum Gasteiger partial charge on any atom is -0.256 e. The lowest BCUT2D eigenvalue weighted by molar-refractivity contribution is 0.852. The number of hydrogen-bond acceptors (Lipinski definition) is 2. The highest BCUT2D eigenvalue weighted by atomic mass is 32.1. The summed E-state index contributed by atoms with van der Waals surface area (Å²) in [5.41, 5.74) is 7.39. The van der Waals surface area contributed by atoms with Gasteiger partial charge in [0, 0.05) is 31.9 Å². The molecule has 5 rings (SSSR count). The Kier molecular flexibility index (Phi) is 4.44. The first-order chi connectivity index (χ1) is 14.1. The van der Waals surface area contributed by atoms with Gasteiger partial charge >= 0.3 is 0 Å². The Balaban J connectivity index is 1.68. The van der Waals surface area contributed by atoms with E-state index in [1.54, 1.807) is 0 Å². The number of nitrogens with zero attached hydrogens (tertiary/aromatic N) is 1. The summed E-state index contributed by atoms with van der Waals surface area (Å²) in [6.45, 7) is 6.63. The molecule has 0 spiro atoms. The van der Waals surface area contributed by atoms with Crippen LogP contribution in [0.4, 0.5) is 0 Å². The quantitative estimate of drug-likeness (QED) is 0.301. The van der Waals surface area contributed by atoms with Crippen LogP contribution in [0, 0.1) is 6.92 Å². The second-order valence-electron chi connectivity index (χ2n) is 7.97. The van der Waals surface area contributed by atoms with Gasteiger partial charge in [-0.2, -0.15) is 0 Å². The van der Waals surface area contributed by atoms with Crippen molar-refractivity contribution in [2.45, 2.75) is 26.7 Å². The summed E-state index contributed by atoms with van der Waals surface area (Å²) in [5, 5.41) is 2.64. The van der Waals surface area contributed by atoms with Crippen molar-refractivity contribution >= 4 is 31.5 Å². The molecular weight excluding hydrogens is 370 g/mol. The van der Waals surface area contributed by atoms with Crippen LogP contribution in [0.1, 0.15) is 30.9 Å². The van der Waals surface area contributed by atoms with Crippen LogP contribution >= 0.6 is 11.3 Å². The van der Waals surface area contributed by atoms with Crippen LogP contribution in [0.25, 0.3) is 42.6 Å². The predicted molar refractivity (Wildman–Crippen MR) is 127 cm³/mol. The molecule has 0 fully saturated rings. The van der Waals surface area contributed by atoms with E-state index in [4.69, 9.17) is 4.98 Å². The number of thiophene rings is 1. The fraction of sp³-hybridized carbons (Fsp3) is 0.148. The van der Waals surface area contributed by atoms with Crippen LogP contribution in [-0.2, 0) is 0 Å². The third-order valence-corrected chi connectivity index (χ3v) is 6.79. The van der Waals surface area contributed by atoms with E-state index >= 15 is 0 Å². The van der Waals surface area contributed by atoms with Gasteiger partial charge in [0.05, 0.1) is 5.69 Å². The zero-order chi connectivity index (χ0) is 20.0. The van der Waals surface area contributed by atoms with Gasteiger partial charge in [0.1, 0.15) is 0 Å². The normalized spacial score (nSPS) is 11.6. The van der Waals surface area contributed by atoms with Crippen molar-refractivity contribution in [3.05, 3.63) is 90.1 Å². The van der Waals surface area contributed by atoms with Crippen LogP contribution < -0.4 is 0 Å². The van der Waals surface area contributed by atoms with Crippen LogP contribution in [0.5, 0.6) is 0 Å². The molecule has 0 saturated heterocycles. The summed E-state index contributed by atoms with van der Waals surface area (Å²) < 4.78 is 2.65. The molecule has 2 heterocycles. The van der Waals surface area contributed by atoms with Crippen LogP contribution in [0.15, 0.2) is 79.0 Å². The first-order valence-electron chi connectivity index (χ1n) is 10.1. The van der Waals surface area contributed by atoms with Gasteiger partial charge in [-0.1, -0.05) is 56.3 Å². The molecule has 0 saturated carbocycles. The molecule has 0 aliphatic rings. The molecule has 2 aromatic heterocycles. The molecule has 0 amide bonds. The Morgan fingerprint density at radius 3 is 2.07 bits per heavy atom. The maximum atomic E-state index is 4.73. The summed E-state index contributed by atoms with van der Waals surface area (Å²) in [6, 6.07) is 26.4. The zero-order valence-electron chi connectivity index (χ0n) is 16.9. The topological polar surface area (TPSA) is 12.9 Å². The van der Waals surface area contributed by atoms with Crippen LogP contribution in [-0.4, -0.2) is 4.98 Å². The molecule has 1 nitrogen and oxygen atoms in total. The Labute approximate surface area is 175 Å². The molecule has 5 aromatic rings. The van der Waals surface area contributed by atoms with E-state index in [2.05, 4.69) is 93.6 Å². The summed E-state index contributed by atoms with van der Waals surface area (Å²) in [4.78, 5) is 4.73. The number of aromatic nitrogens is 1. The number of benzene rings is 3. The highest BCUT2D eigenvalue weighted by molar-refractivity contribution is 7.25. The van der Waals surface area contributed by atoms with Crippen molar-refractivity contribution in [1.29, 1.82) is 0 Å². The lowest BCUT2D eigenvalue weighted by Gasteiger charge is -2.11. The molecule has 3 aromatic carbocycles. The SMILES string of the molecule is Cc1cnc(-c2ccc3sc4ccc(-c5ccccc5)cc4c3c2)cc1C(C)C. The Morgan fingerprint density at radius 1 is 0.724 bits per heavy atom. The maximum absolute atomic E-state index is 4.73. The second-order valence-corrected chi connectivity index (χ2v) is 9.05. The molecular formula is C27H23NS. The molecule has 0 atom stereocenters. The zero-order valence-corrected chi connectivity index (χ0v) is 17.8. The smallest absolute Gasteiger partial charge is 0.0705 e. The molecule has 0 bridgehead atoms. The standard InChI is InChI=1S/C27H23NS/c1-17(2)22-15-25(28-16-18(22)3)21-10-12-27-24(14-21)23-13-20(9-11-26(23)29-27)19-7-5-4-6-8-19/h4-17H,1-3H3. The Bertz CT molecular complexity index is 1330. The summed E-state index contributed by atoms with van der Waals surface area (Å²) in [6.07, 6.45) is 2.01. The van der Waals surface area contributed by atoms with E-state index in [-0.39, 0.29) is 0 Å². The van der Waals surface area contributed by atoms with E-state index in [0.29, 0.717) is 5.92 Å². The number of rotatable bonds is 3. The highest BCUT2D eigenvalue weighted by Gasteiger charge is 2.11. The van der Waals surface area contributed by atoms with E-state index in [1.165, 1.54) is 48.0 Å². The molecule has 0 N–H and O–H groups in total. The molecule has 142 valence electrons. The van der Waals surface area contributed by atoms with Crippen molar-refractivity contribution in [3.8, 4) is 22.4 Å². The third kappa shape index (κ3) is 3.24. The predicted octanol–water partition coefficient (Wildman–Crippen LogP) is 8.22. The van der Waals surface area contributed by atoms with Gasteiger partial charge in [-0.25, -0.2) is 0 Å². The lowest BCUT2D eigenvalue weighted by atomic mass is 9.97. The van der Waals surface area contributed by atoms with Gasteiger partial charge in [0.25, 0.3) is 0 Å². The molecule has 0 aliphatic heterocycles. The number of fused-ring (bicyclic) bond motifs is 3. The monoisotopic (exact) mass is 393 g/mol. The molecule has 29 heavy (non-hydrogen) atoms. The lowest BCUT2D eigenvalue weighted by Crippen LogP contribution is -1.95. The van der Waals surface area contributed by atoms with E-state index < -0.39 is 0 Å². The van der Waals surface area contributed by atoms with Crippen molar-refractivity contribution in [2.24, 2.45) is 0 Å². The third-order valence-electron chi connectivity index (χ3n) is 5.64. The minimum absolute atomic E-state index is 0.496. The molecule has 0 radical (unpaired) electrons. The van der Waals surface area contributed by atoms with Gasteiger partial charge < -0.3 is 0 Å². The van der Waals surface area contributed by atoms with Crippen molar-refractivity contribution in [1.82, 2.24) is 4.98 Å². The maximum Gasteiger partial charge on any atom is 0.0705 e. The van der Waals surface area contributed by atoms with Gasteiger partial charge in [-0.05, 0) is 65.4 Å². The van der Waals surface area contributed by atoms with Gasteiger partial charge in [0.2, 0.25) is 0 Å². The highest BCUT2D eigenvalue weighted by Crippen LogP contribution is 2.38. The fourth-order valence-corrected chi connectivity index (χ4v) is 5.13. The second kappa shape index (κ2) is 7.13. The first-order valence-corrected chi connectivity index (χ1v) is 10.9. The van der Waals surface area contributed by atoms with E-state index in [1.807, 2.05) is 17.5 Å². The Hall–Kier alpha value is -2.97. The van der Waals surface area contributed by atoms with Crippen LogP contribution in [0.3, 0.4) is 0 Å². The molecule has 2 heteroatoms. The summed E-state index contributed by atoms with van der Waals surface area (Å²) in [5.74, 6) is 0.496. The fourth-order valence-electron chi connectivity index (χ4n) is 4.07. The van der Waals surface area contributed by atoms with Crippen molar-refractivity contribution in [3.63, 3.8) is 0 Å². The van der Waals surface area contributed by atoms with Gasteiger partial charge in [0.15, 0.2) is 0 Å². The van der Waals surface area contributed by atoms with Gasteiger partial charge in [-0.15, -0.1) is 11.3 Å². The van der Waals surface area contributed by atoms with E-state index in [9.17, 15) is 0 Å². The number of hydrogen-bond donors (Lipinski definition) is 0. The molecule has 0 unspecified atom stereocenters.